The first-order valence-electron chi connectivity index (χ1n) is 37.8. The molecule has 0 aliphatic heterocycles. The smallest absolute Gasteiger partial charge is 0.305 e. The van der Waals surface area contributed by atoms with Crippen LogP contribution in [-0.2, 0) is 14.3 Å². The van der Waals surface area contributed by atoms with Gasteiger partial charge in [-0.3, -0.25) is 9.59 Å². The molecule has 2 unspecified atom stereocenters. The van der Waals surface area contributed by atoms with Crippen LogP contribution < -0.4 is 5.32 Å². The van der Waals surface area contributed by atoms with Gasteiger partial charge in [-0.2, -0.15) is 0 Å². The lowest BCUT2D eigenvalue weighted by Gasteiger charge is -2.22. The first kappa shape index (κ1) is 79.9. The molecule has 0 aliphatic rings. The Hall–Kier alpha value is -1.14. The van der Waals surface area contributed by atoms with Crippen LogP contribution in [0.3, 0.4) is 0 Å². The molecule has 484 valence electrons. The molecular weight excluding hydrogens is 995 g/mol. The van der Waals surface area contributed by atoms with Crippen LogP contribution in [0.4, 0.5) is 0 Å². The Labute approximate surface area is 508 Å². The normalized spacial score (nSPS) is 12.4. The van der Waals surface area contributed by atoms with Crippen molar-refractivity contribution in [2.24, 2.45) is 0 Å². The van der Waals surface area contributed by atoms with E-state index in [0.29, 0.717) is 25.9 Å². The zero-order chi connectivity index (χ0) is 58.5. The second-order valence-electron chi connectivity index (χ2n) is 26.4. The van der Waals surface area contributed by atoms with Crippen LogP contribution >= 0.6 is 0 Å². The molecule has 0 aromatic carbocycles. The molecule has 0 fully saturated rings. The summed E-state index contributed by atoms with van der Waals surface area (Å²) in [7, 11) is 0. The summed E-state index contributed by atoms with van der Waals surface area (Å²) in [4.78, 5) is 24.7. The number of carbonyl (C=O) groups excluding carboxylic acids is 2. The number of nitrogens with one attached hydrogen (secondary N) is 1. The lowest BCUT2D eigenvalue weighted by atomic mass is 10.0. The van der Waals surface area contributed by atoms with E-state index < -0.39 is 12.1 Å². The highest BCUT2D eigenvalue weighted by Crippen LogP contribution is 2.20. The van der Waals surface area contributed by atoms with E-state index in [-0.39, 0.29) is 18.5 Å². The molecule has 81 heavy (non-hydrogen) atoms. The molecular formula is C75H149NO5. The zero-order valence-electron chi connectivity index (χ0n) is 55.6. The fourth-order valence-corrected chi connectivity index (χ4v) is 12.4. The largest absolute Gasteiger partial charge is 0.466 e. The van der Waals surface area contributed by atoms with Gasteiger partial charge in [0.15, 0.2) is 0 Å². The summed E-state index contributed by atoms with van der Waals surface area (Å²) < 4.78 is 5.52. The number of hydrogen-bond donors (Lipinski definition) is 3. The molecule has 0 rings (SSSR count). The summed E-state index contributed by atoms with van der Waals surface area (Å²) in [6.07, 6.45) is 87.4. The van der Waals surface area contributed by atoms with Crippen LogP contribution in [0.25, 0.3) is 0 Å². The van der Waals surface area contributed by atoms with Gasteiger partial charge in [-0.15, -0.1) is 0 Å². The van der Waals surface area contributed by atoms with Crippen LogP contribution in [0.5, 0.6) is 0 Å². The quantitative estimate of drug-likeness (QED) is 0.0417. The molecule has 0 saturated carbocycles. The zero-order valence-corrected chi connectivity index (χ0v) is 55.6. The van der Waals surface area contributed by atoms with E-state index in [1.807, 2.05) is 0 Å². The molecule has 0 aromatic heterocycles. The summed E-state index contributed by atoms with van der Waals surface area (Å²) >= 11 is 0. The van der Waals surface area contributed by atoms with Gasteiger partial charge in [0.25, 0.3) is 0 Å². The van der Waals surface area contributed by atoms with E-state index in [9.17, 15) is 19.8 Å². The number of ether oxygens (including phenoxy) is 1. The Kier molecular flexibility index (Phi) is 70.3. The number of unbranched alkanes of at least 4 members (excludes halogenated alkanes) is 61. The van der Waals surface area contributed by atoms with Crippen molar-refractivity contribution in [1.82, 2.24) is 5.32 Å². The van der Waals surface area contributed by atoms with Gasteiger partial charge in [0.2, 0.25) is 5.91 Å². The van der Waals surface area contributed by atoms with Crippen molar-refractivity contribution >= 4 is 11.9 Å². The van der Waals surface area contributed by atoms with E-state index in [2.05, 4.69) is 19.2 Å². The van der Waals surface area contributed by atoms with Crippen LogP contribution in [0.1, 0.15) is 444 Å². The van der Waals surface area contributed by atoms with Gasteiger partial charge in [0.1, 0.15) is 0 Å². The molecule has 6 heteroatoms. The summed E-state index contributed by atoms with van der Waals surface area (Å²) in [5, 5.41) is 23.4. The van der Waals surface area contributed by atoms with E-state index in [1.165, 1.54) is 372 Å². The molecule has 1 amide bonds. The van der Waals surface area contributed by atoms with Gasteiger partial charge in [-0.05, 0) is 25.7 Å². The van der Waals surface area contributed by atoms with E-state index in [1.54, 1.807) is 0 Å². The van der Waals surface area contributed by atoms with E-state index >= 15 is 0 Å². The highest BCUT2D eigenvalue weighted by Gasteiger charge is 2.20. The number of amides is 1. The summed E-state index contributed by atoms with van der Waals surface area (Å²) in [5.74, 6) is -0.00194. The summed E-state index contributed by atoms with van der Waals surface area (Å²) in [6.45, 7) is 5.02. The molecule has 0 radical (unpaired) electrons. The molecule has 3 N–H and O–H groups in total. The van der Waals surface area contributed by atoms with Gasteiger partial charge in [0.05, 0.1) is 25.4 Å². The maximum absolute atomic E-state index is 12.5. The predicted octanol–water partition coefficient (Wildman–Crippen LogP) is 24.5. The summed E-state index contributed by atoms with van der Waals surface area (Å²) in [6, 6.07) is -0.538. The van der Waals surface area contributed by atoms with Crippen LogP contribution in [0.2, 0.25) is 0 Å². The molecule has 6 nitrogen and oxygen atoms in total. The third-order valence-corrected chi connectivity index (χ3v) is 18.2. The standard InChI is InChI=1S/C75H149NO5/c1-3-5-7-9-11-13-15-17-19-21-35-39-43-47-51-55-59-63-67-73(78)72(71-77)76-74(79)68-64-60-56-52-48-44-40-36-33-31-29-27-25-23-24-26-28-30-32-34-38-42-46-50-54-58-62-66-70-81-75(80)69-65-61-57-53-49-45-41-37-22-20-18-16-14-12-10-8-6-4-2/h72-73,77-78H,3-71H2,1-2H3,(H,76,79). The maximum atomic E-state index is 12.5. The SMILES string of the molecule is CCCCCCCCCCCCCCCCCCCCC(=O)OCCCCCCCCCCCCCCCCCCCCCCCCCCCCCCC(=O)NC(CO)C(O)CCCCCCCCCCCCCCCCCCCC. The molecule has 0 bridgehead atoms. The topological polar surface area (TPSA) is 95.9 Å². The molecule has 0 aliphatic carbocycles. The molecule has 0 heterocycles. The first-order chi connectivity index (χ1) is 40.0. The summed E-state index contributed by atoms with van der Waals surface area (Å²) in [5.41, 5.74) is 0. The third kappa shape index (κ3) is 67.9. The van der Waals surface area contributed by atoms with Crippen molar-refractivity contribution in [3.8, 4) is 0 Å². The second-order valence-corrected chi connectivity index (χ2v) is 26.4. The van der Waals surface area contributed by atoms with Crippen molar-refractivity contribution in [3.63, 3.8) is 0 Å². The minimum atomic E-state index is -0.662. The van der Waals surface area contributed by atoms with E-state index in [0.717, 1.165) is 38.5 Å². The number of esters is 1. The van der Waals surface area contributed by atoms with Gasteiger partial charge in [-0.1, -0.05) is 406 Å². The second kappa shape index (κ2) is 71.3. The van der Waals surface area contributed by atoms with Gasteiger partial charge >= 0.3 is 5.97 Å². The number of aliphatic hydroxyl groups excluding tert-OH is 2. The first-order valence-corrected chi connectivity index (χ1v) is 37.8. The van der Waals surface area contributed by atoms with Crippen LogP contribution in [0, 0.1) is 0 Å². The Morgan fingerprint density at radius 2 is 0.506 bits per heavy atom. The Morgan fingerprint density at radius 1 is 0.296 bits per heavy atom. The predicted molar refractivity (Wildman–Crippen MR) is 357 cm³/mol. The van der Waals surface area contributed by atoms with Crippen molar-refractivity contribution in [1.29, 1.82) is 0 Å². The van der Waals surface area contributed by atoms with Gasteiger partial charge < -0.3 is 20.3 Å². The average molecular weight is 1150 g/mol. The Balaban J connectivity index is 3.32. The molecule has 0 aromatic rings. The monoisotopic (exact) mass is 1140 g/mol. The molecule has 0 saturated heterocycles. The minimum Gasteiger partial charge on any atom is -0.466 e. The Morgan fingerprint density at radius 3 is 0.753 bits per heavy atom. The minimum absolute atomic E-state index is 0.0247. The number of hydrogen-bond acceptors (Lipinski definition) is 5. The highest BCUT2D eigenvalue weighted by molar-refractivity contribution is 5.76. The lowest BCUT2D eigenvalue weighted by molar-refractivity contribution is -0.143. The molecule has 2 atom stereocenters. The number of aliphatic hydroxyl groups is 2. The lowest BCUT2D eigenvalue weighted by Crippen LogP contribution is -2.45. The van der Waals surface area contributed by atoms with Crippen molar-refractivity contribution in [3.05, 3.63) is 0 Å². The highest BCUT2D eigenvalue weighted by atomic mass is 16.5. The maximum Gasteiger partial charge on any atom is 0.305 e. The van der Waals surface area contributed by atoms with E-state index in [4.69, 9.17) is 4.74 Å². The number of rotatable bonds is 72. The Bertz CT molecular complexity index is 1180. The van der Waals surface area contributed by atoms with Gasteiger partial charge in [0, 0.05) is 12.8 Å². The van der Waals surface area contributed by atoms with Gasteiger partial charge in [-0.25, -0.2) is 0 Å². The number of carbonyl (C=O) groups is 2. The average Bonchev–Trinajstić information content (AvgIpc) is 3.47. The fraction of sp³-hybridized carbons (Fsp3) is 0.973. The third-order valence-electron chi connectivity index (χ3n) is 18.2. The van der Waals surface area contributed by atoms with Crippen molar-refractivity contribution in [2.75, 3.05) is 13.2 Å². The van der Waals surface area contributed by atoms with Crippen LogP contribution in [0.15, 0.2) is 0 Å². The van der Waals surface area contributed by atoms with Crippen LogP contribution in [-0.4, -0.2) is 47.4 Å². The fourth-order valence-electron chi connectivity index (χ4n) is 12.4. The molecule has 0 spiro atoms. The van der Waals surface area contributed by atoms with Crippen molar-refractivity contribution < 1.29 is 24.5 Å². The van der Waals surface area contributed by atoms with Crippen molar-refractivity contribution in [2.45, 2.75) is 456 Å².